The number of fused-ring (bicyclic) bond motifs is 2. The molecule has 2 aromatic carbocycles. The highest BCUT2D eigenvalue weighted by atomic mass is 16.6. The Hall–Kier alpha value is -4.01. The predicted molar refractivity (Wildman–Crippen MR) is 190 cm³/mol. The summed E-state index contributed by atoms with van der Waals surface area (Å²) in [6.07, 6.45) is 0.409. The van der Waals surface area contributed by atoms with Crippen molar-refractivity contribution in [2.75, 3.05) is 71.3 Å². The van der Waals surface area contributed by atoms with E-state index in [2.05, 4.69) is 24.5 Å². The van der Waals surface area contributed by atoms with E-state index in [0.29, 0.717) is 95.4 Å². The number of nitrogens with zero attached hydrogens (tertiary/aromatic N) is 2. The van der Waals surface area contributed by atoms with E-state index in [1.54, 1.807) is 11.9 Å². The molecule has 13 nitrogen and oxygen atoms in total. The van der Waals surface area contributed by atoms with Crippen LogP contribution in [-0.2, 0) is 39.9 Å². The maximum atomic E-state index is 13.6. The summed E-state index contributed by atoms with van der Waals surface area (Å²) in [6, 6.07) is 15.3. The Morgan fingerprint density at radius 1 is 0.776 bits per heavy atom. The summed E-state index contributed by atoms with van der Waals surface area (Å²) in [4.78, 5) is 39.6. The molecule has 0 saturated heterocycles. The Labute approximate surface area is 290 Å². The largest absolute Gasteiger partial charge is 0.396 e. The van der Waals surface area contributed by atoms with Gasteiger partial charge in [0.1, 0.15) is 0 Å². The summed E-state index contributed by atoms with van der Waals surface area (Å²) < 4.78 is 21.9. The third kappa shape index (κ3) is 13.1. The standard InChI is InChI=1S/C36H54N6O7/c1-26(2)27(3)40-33(44)15-17-46-19-21-48-23-24-49-22-20-47-18-16-39-32(43)13-14-34(45)42-25-28-9-5-6-10-29(28)35(37)36(41(4)38)30-11-7-8-12-31(30)42/h5-12,26-27H,13-25,37-38H2,1-4H3,(H,39,43)(H,40,44)/b36-35-. The van der Waals surface area contributed by atoms with Crippen LogP contribution in [0.15, 0.2) is 48.5 Å². The topological polar surface area (TPSA) is 171 Å². The molecule has 0 bridgehead atoms. The number of nitrogens with one attached hydrogen (secondary N) is 2. The fraction of sp³-hybridized carbons (Fsp3) is 0.528. The number of hydrogen-bond acceptors (Lipinski definition) is 10. The SMILES string of the molecule is CC(C)C(C)NC(=O)CCOCCOCCOCCOCCNC(=O)CCC(=O)N1Cc2ccccc2/C(N)=C(/N(C)N)c2ccccc21. The van der Waals surface area contributed by atoms with Crippen molar-refractivity contribution >= 4 is 34.8 Å². The third-order valence-corrected chi connectivity index (χ3v) is 8.11. The minimum Gasteiger partial charge on any atom is -0.396 e. The fourth-order valence-corrected chi connectivity index (χ4v) is 5.09. The van der Waals surface area contributed by atoms with E-state index in [1.807, 2.05) is 55.5 Å². The van der Waals surface area contributed by atoms with E-state index in [-0.39, 0.29) is 36.6 Å². The van der Waals surface area contributed by atoms with Crippen molar-refractivity contribution in [3.05, 3.63) is 65.2 Å². The number of hydrogen-bond donors (Lipinski definition) is 4. The molecule has 0 fully saturated rings. The van der Waals surface area contributed by atoms with Crippen LogP contribution in [0.2, 0.25) is 0 Å². The zero-order valence-corrected chi connectivity index (χ0v) is 29.4. The Bertz CT molecular complexity index is 1380. The molecule has 3 rings (SSSR count). The Morgan fingerprint density at radius 2 is 1.35 bits per heavy atom. The monoisotopic (exact) mass is 682 g/mol. The van der Waals surface area contributed by atoms with Crippen molar-refractivity contribution < 1.29 is 33.3 Å². The van der Waals surface area contributed by atoms with Crippen molar-refractivity contribution in [3.63, 3.8) is 0 Å². The normalized spacial score (nSPS) is 14.8. The lowest BCUT2D eigenvalue weighted by Gasteiger charge is -2.32. The van der Waals surface area contributed by atoms with Gasteiger partial charge in [-0.25, -0.2) is 5.84 Å². The molecule has 49 heavy (non-hydrogen) atoms. The zero-order chi connectivity index (χ0) is 35.6. The van der Waals surface area contributed by atoms with Gasteiger partial charge in [-0.1, -0.05) is 56.3 Å². The molecular weight excluding hydrogens is 628 g/mol. The van der Waals surface area contributed by atoms with E-state index in [4.69, 9.17) is 30.5 Å². The Kier molecular flexibility index (Phi) is 17.0. The van der Waals surface area contributed by atoms with Gasteiger partial charge in [-0.2, -0.15) is 0 Å². The summed E-state index contributed by atoms with van der Waals surface area (Å²) in [6.45, 7) is 9.91. The van der Waals surface area contributed by atoms with Crippen LogP contribution in [0.1, 0.15) is 56.7 Å². The van der Waals surface area contributed by atoms with Gasteiger partial charge < -0.3 is 45.2 Å². The van der Waals surface area contributed by atoms with Crippen molar-refractivity contribution in [3.8, 4) is 0 Å². The molecule has 0 saturated carbocycles. The zero-order valence-electron chi connectivity index (χ0n) is 29.4. The molecule has 1 aliphatic heterocycles. The third-order valence-electron chi connectivity index (χ3n) is 8.11. The van der Waals surface area contributed by atoms with Gasteiger partial charge >= 0.3 is 0 Å². The minimum atomic E-state index is -0.231. The average molecular weight is 683 g/mol. The number of para-hydroxylation sites is 1. The second-order valence-electron chi connectivity index (χ2n) is 12.2. The molecule has 13 heteroatoms. The highest BCUT2D eigenvalue weighted by Gasteiger charge is 2.27. The maximum Gasteiger partial charge on any atom is 0.227 e. The molecule has 1 atom stereocenters. The van der Waals surface area contributed by atoms with Gasteiger partial charge in [-0.3, -0.25) is 14.4 Å². The number of carbonyl (C=O) groups is 3. The number of hydrazine groups is 1. The number of rotatable bonds is 21. The number of nitrogens with two attached hydrogens (primary N) is 2. The van der Waals surface area contributed by atoms with Crippen LogP contribution in [0.5, 0.6) is 0 Å². The molecule has 2 aromatic rings. The average Bonchev–Trinajstić information content (AvgIpc) is 3.07. The van der Waals surface area contributed by atoms with E-state index < -0.39 is 0 Å². The van der Waals surface area contributed by atoms with Crippen LogP contribution < -0.4 is 27.1 Å². The molecule has 1 unspecified atom stereocenters. The van der Waals surface area contributed by atoms with Crippen molar-refractivity contribution in [1.29, 1.82) is 0 Å². The highest BCUT2D eigenvalue weighted by molar-refractivity contribution is 6.01. The molecule has 0 radical (unpaired) electrons. The predicted octanol–water partition coefficient (Wildman–Crippen LogP) is 2.64. The molecule has 6 N–H and O–H groups in total. The van der Waals surface area contributed by atoms with Crippen LogP contribution in [0.4, 0.5) is 5.69 Å². The first-order valence-electron chi connectivity index (χ1n) is 16.9. The molecule has 0 aliphatic carbocycles. The summed E-state index contributed by atoms with van der Waals surface area (Å²) in [5.74, 6) is 6.19. The van der Waals surface area contributed by atoms with E-state index >= 15 is 0 Å². The lowest BCUT2D eigenvalue weighted by atomic mass is 9.95. The summed E-state index contributed by atoms with van der Waals surface area (Å²) in [5, 5.41) is 7.22. The van der Waals surface area contributed by atoms with Crippen LogP contribution in [0, 0.1) is 5.92 Å². The van der Waals surface area contributed by atoms with Crippen molar-refractivity contribution in [2.24, 2.45) is 17.5 Å². The Morgan fingerprint density at radius 3 is 1.98 bits per heavy atom. The second-order valence-corrected chi connectivity index (χ2v) is 12.2. The van der Waals surface area contributed by atoms with Crippen LogP contribution in [-0.4, -0.2) is 95.2 Å². The van der Waals surface area contributed by atoms with Gasteiger partial charge in [0.25, 0.3) is 0 Å². The van der Waals surface area contributed by atoms with Crippen LogP contribution >= 0.6 is 0 Å². The smallest absolute Gasteiger partial charge is 0.227 e. The van der Waals surface area contributed by atoms with Gasteiger partial charge in [0.05, 0.1) is 76.5 Å². The van der Waals surface area contributed by atoms with E-state index in [9.17, 15) is 14.4 Å². The molecule has 270 valence electrons. The van der Waals surface area contributed by atoms with E-state index in [1.165, 1.54) is 5.01 Å². The molecule has 1 heterocycles. The quantitative estimate of drug-likeness (QED) is 0.0872. The number of amides is 3. The number of anilines is 1. The van der Waals surface area contributed by atoms with Gasteiger partial charge in [0, 0.05) is 50.0 Å². The minimum absolute atomic E-state index is 0.00917. The van der Waals surface area contributed by atoms with E-state index in [0.717, 1.165) is 16.7 Å². The second kappa shape index (κ2) is 21.2. The molecule has 0 spiro atoms. The molecular formula is C36H54N6O7. The summed E-state index contributed by atoms with van der Waals surface area (Å²) >= 11 is 0. The first kappa shape index (κ1) is 39.4. The summed E-state index contributed by atoms with van der Waals surface area (Å²) in [5.41, 5.74) is 10.9. The molecule has 0 aromatic heterocycles. The van der Waals surface area contributed by atoms with Gasteiger partial charge in [0.2, 0.25) is 17.7 Å². The van der Waals surface area contributed by atoms with Crippen molar-refractivity contribution in [1.82, 2.24) is 15.6 Å². The number of carbonyl (C=O) groups excluding carboxylic acids is 3. The van der Waals surface area contributed by atoms with Gasteiger partial charge in [0.15, 0.2) is 0 Å². The van der Waals surface area contributed by atoms with Crippen LogP contribution in [0.25, 0.3) is 11.4 Å². The molecule has 1 aliphatic rings. The first-order chi connectivity index (χ1) is 23.6. The van der Waals surface area contributed by atoms with Gasteiger partial charge in [-0.05, 0) is 24.5 Å². The lowest BCUT2D eigenvalue weighted by Crippen LogP contribution is -2.36. The highest BCUT2D eigenvalue weighted by Crippen LogP contribution is 2.36. The van der Waals surface area contributed by atoms with Crippen LogP contribution in [0.3, 0.4) is 0 Å². The molecule has 3 amide bonds. The number of ether oxygens (including phenoxy) is 4. The maximum absolute atomic E-state index is 13.6. The Balaban J connectivity index is 1.27. The van der Waals surface area contributed by atoms with Gasteiger partial charge in [-0.15, -0.1) is 0 Å². The number of benzene rings is 2. The lowest BCUT2D eigenvalue weighted by molar-refractivity contribution is -0.125. The summed E-state index contributed by atoms with van der Waals surface area (Å²) in [7, 11) is 1.72. The first-order valence-corrected chi connectivity index (χ1v) is 16.9. The fourth-order valence-electron chi connectivity index (χ4n) is 5.09. The van der Waals surface area contributed by atoms with Crippen molar-refractivity contribution in [2.45, 2.75) is 52.6 Å².